The van der Waals surface area contributed by atoms with Gasteiger partial charge in [-0.3, -0.25) is 4.98 Å². The van der Waals surface area contributed by atoms with Crippen molar-refractivity contribution in [3.63, 3.8) is 0 Å². The average Bonchev–Trinajstić information content (AvgIpc) is 2.18. The van der Waals surface area contributed by atoms with Crippen molar-refractivity contribution in [3.05, 3.63) is 29.6 Å². The largest absolute Gasteiger partial charge is 0.387 e. The molecule has 0 fully saturated rings. The summed E-state index contributed by atoms with van der Waals surface area (Å²) in [5.74, 6) is 0. The van der Waals surface area contributed by atoms with E-state index in [0.717, 1.165) is 6.20 Å². The fourth-order valence-electron chi connectivity index (χ4n) is 1.09. The van der Waals surface area contributed by atoms with Crippen LogP contribution in [0.5, 0.6) is 0 Å². The summed E-state index contributed by atoms with van der Waals surface area (Å²) in [4.78, 5) is 3.64. The van der Waals surface area contributed by atoms with E-state index >= 15 is 0 Å². The Morgan fingerprint density at radius 2 is 2.07 bits per heavy atom. The third-order valence-corrected chi connectivity index (χ3v) is 1.81. The van der Waals surface area contributed by atoms with Crippen LogP contribution in [0.2, 0.25) is 0 Å². The van der Waals surface area contributed by atoms with Gasteiger partial charge in [-0.2, -0.15) is 0 Å². The van der Waals surface area contributed by atoms with Crippen LogP contribution in [0.4, 0.5) is 8.78 Å². The molecule has 0 bridgehead atoms. The summed E-state index contributed by atoms with van der Waals surface area (Å²) in [6.07, 6.45) is -0.871. The number of nitrogens with one attached hydrogen (secondary N) is 1. The van der Waals surface area contributed by atoms with E-state index in [0.29, 0.717) is 12.1 Å². The number of aromatic nitrogens is 1. The van der Waals surface area contributed by atoms with Gasteiger partial charge in [0, 0.05) is 30.1 Å². The number of rotatable bonds is 4. The molecule has 0 amide bonds. The van der Waals surface area contributed by atoms with Gasteiger partial charge >= 0.3 is 0 Å². The minimum absolute atomic E-state index is 0.169. The van der Waals surface area contributed by atoms with Crippen LogP contribution in [0.3, 0.4) is 0 Å². The molecule has 0 aliphatic heterocycles. The quantitative estimate of drug-likeness (QED) is 0.772. The van der Waals surface area contributed by atoms with Gasteiger partial charge in [0.25, 0.3) is 6.43 Å². The zero-order valence-electron chi connectivity index (χ0n) is 7.74. The van der Waals surface area contributed by atoms with Crippen LogP contribution in [0.15, 0.2) is 18.5 Å². The molecule has 0 spiro atoms. The summed E-state index contributed by atoms with van der Waals surface area (Å²) in [7, 11) is 1.67. The average molecular weight is 202 g/mol. The molecule has 5 heteroatoms. The molecule has 1 aromatic heterocycles. The minimum atomic E-state index is -2.55. The van der Waals surface area contributed by atoms with Crippen molar-refractivity contribution in [1.29, 1.82) is 0 Å². The maximum Gasteiger partial charge on any atom is 0.265 e. The number of aliphatic hydroxyl groups excluding tert-OH is 1. The van der Waals surface area contributed by atoms with Crippen LogP contribution in [0.1, 0.15) is 23.7 Å². The summed E-state index contributed by atoms with van der Waals surface area (Å²) in [5.41, 5.74) is 0.231. The van der Waals surface area contributed by atoms with Gasteiger partial charge in [0.05, 0.1) is 6.10 Å². The molecule has 1 unspecified atom stereocenters. The summed E-state index contributed by atoms with van der Waals surface area (Å²) >= 11 is 0. The lowest BCUT2D eigenvalue weighted by Crippen LogP contribution is -2.17. The highest BCUT2D eigenvalue weighted by atomic mass is 19.3. The molecule has 0 aliphatic carbocycles. The van der Waals surface area contributed by atoms with Crippen LogP contribution in [-0.2, 0) is 0 Å². The monoisotopic (exact) mass is 202 g/mol. The summed E-state index contributed by atoms with van der Waals surface area (Å²) in [5, 5.41) is 12.2. The van der Waals surface area contributed by atoms with Gasteiger partial charge in [-0.15, -0.1) is 0 Å². The van der Waals surface area contributed by atoms with Gasteiger partial charge in [0.15, 0.2) is 0 Å². The first-order valence-corrected chi connectivity index (χ1v) is 4.20. The van der Waals surface area contributed by atoms with E-state index < -0.39 is 12.5 Å². The van der Waals surface area contributed by atoms with Crippen molar-refractivity contribution >= 4 is 0 Å². The van der Waals surface area contributed by atoms with Crippen LogP contribution in [0.25, 0.3) is 0 Å². The molecule has 1 aromatic rings. The Balaban J connectivity index is 2.82. The molecule has 2 N–H and O–H groups in total. The summed E-state index contributed by atoms with van der Waals surface area (Å²) < 4.78 is 24.5. The highest BCUT2D eigenvalue weighted by Gasteiger charge is 2.11. The molecule has 0 saturated carbocycles. The number of pyridine rings is 1. The number of alkyl halides is 2. The molecular formula is C9H12F2N2O. The topological polar surface area (TPSA) is 45.1 Å². The molecule has 78 valence electrons. The molecule has 14 heavy (non-hydrogen) atoms. The first-order chi connectivity index (χ1) is 6.65. The maximum absolute atomic E-state index is 12.3. The fourth-order valence-corrected chi connectivity index (χ4v) is 1.09. The molecule has 3 nitrogen and oxygen atoms in total. The molecule has 0 aromatic carbocycles. The number of halogens is 2. The molecular weight excluding hydrogens is 190 g/mol. The first-order valence-electron chi connectivity index (χ1n) is 4.20. The SMILES string of the molecule is CNCC(O)c1cncc(C(F)F)c1. The lowest BCUT2D eigenvalue weighted by Gasteiger charge is -2.10. The summed E-state index contributed by atoms with van der Waals surface area (Å²) in [6, 6.07) is 1.26. The normalized spacial score (nSPS) is 13.2. The Kier molecular flexibility index (Phi) is 3.91. The van der Waals surface area contributed by atoms with Crippen molar-refractivity contribution < 1.29 is 13.9 Å². The predicted molar refractivity (Wildman–Crippen MR) is 48.1 cm³/mol. The van der Waals surface area contributed by atoms with Gasteiger partial charge in [-0.05, 0) is 13.1 Å². The van der Waals surface area contributed by atoms with E-state index in [2.05, 4.69) is 10.3 Å². The highest BCUT2D eigenvalue weighted by molar-refractivity contribution is 5.21. The Morgan fingerprint density at radius 1 is 1.43 bits per heavy atom. The summed E-state index contributed by atoms with van der Waals surface area (Å²) in [6.45, 7) is 0.314. The van der Waals surface area contributed by atoms with E-state index in [1.54, 1.807) is 7.05 Å². The van der Waals surface area contributed by atoms with Crippen LogP contribution in [0, 0.1) is 0 Å². The highest BCUT2D eigenvalue weighted by Crippen LogP contribution is 2.20. The standard InChI is InChI=1S/C9H12F2N2O/c1-12-5-8(14)6-2-7(9(10)11)4-13-3-6/h2-4,8-9,12,14H,5H2,1H3. The Morgan fingerprint density at radius 3 is 2.64 bits per heavy atom. The van der Waals surface area contributed by atoms with Gasteiger partial charge in [-0.1, -0.05) is 0 Å². The number of nitrogens with zero attached hydrogens (tertiary/aromatic N) is 1. The van der Waals surface area contributed by atoms with E-state index in [1.807, 2.05) is 0 Å². The molecule has 0 aliphatic rings. The molecule has 1 heterocycles. The van der Waals surface area contributed by atoms with Crippen LogP contribution in [-0.4, -0.2) is 23.7 Å². The molecule has 0 saturated heterocycles. The number of hydrogen-bond donors (Lipinski definition) is 2. The predicted octanol–water partition coefficient (Wildman–Crippen LogP) is 1.27. The van der Waals surface area contributed by atoms with Crippen LogP contribution < -0.4 is 5.32 Å². The van der Waals surface area contributed by atoms with Crippen molar-refractivity contribution in [3.8, 4) is 0 Å². The van der Waals surface area contributed by atoms with Gasteiger partial charge in [0.2, 0.25) is 0 Å². The second-order valence-corrected chi connectivity index (χ2v) is 2.93. The Labute approximate surface area is 80.8 Å². The molecule has 1 atom stereocenters. The van der Waals surface area contributed by atoms with Crippen LogP contribution >= 0.6 is 0 Å². The third-order valence-electron chi connectivity index (χ3n) is 1.81. The second kappa shape index (κ2) is 4.97. The van der Waals surface area contributed by atoms with E-state index in [9.17, 15) is 13.9 Å². The van der Waals surface area contributed by atoms with Crippen molar-refractivity contribution in [2.45, 2.75) is 12.5 Å². The third kappa shape index (κ3) is 2.71. The maximum atomic E-state index is 12.3. The zero-order valence-corrected chi connectivity index (χ0v) is 7.74. The number of hydrogen-bond acceptors (Lipinski definition) is 3. The lowest BCUT2D eigenvalue weighted by molar-refractivity contribution is 0.149. The van der Waals surface area contributed by atoms with Crippen molar-refractivity contribution in [2.24, 2.45) is 0 Å². The fraction of sp³-hybridized carbons (Fsp3) is 0.444. The first kappa shape index (κ1) is 11.0. The zero-order chi connectivity index (χ0) is 10.6. The molecule has 0 radical (unpaired) electrons. The van der Waals surface area contributed by atoms with Gasteiger partial charge < -0.3 is 10.4 Å². The van der Waals surface area contributed by atoms with E-state index in [4.69, 9.17) is 0 Å². The van der Waals surface area contributed by atoms with E-state index in [-0.39, 0.29) is 5.56 Å². The smallest absolute Gasteiger partial charge is 0.265 e. The van der Waals surface area contributed by atoms with E-state index in [1.165, 1.54) is 12.3 Å². The van der Waals surface area contributed by atoms with Crippen molar-refractivity contribution in [1.82, 2.24) is 10.3 Å². The molecule has 1 rings (SSSR count). The van der Waals surface area contributed by atoms with Gasteiger partial charge in [0.1, 0.15) is 0 Å². The Bertz CT molecular complexity index is 294. The second-order valence-electron chi connectivity index (χ2n) is 2.93. The van der Waals surface area contributed by atoms with Gasteiger partial charge in [-0.25, -0.2) is 8.78 Å². The number of aliphatic hydroxyl groups is 1. The minimum Gasteiger partial charge on any atom is -0.387 e. The number of likely N-dealkylation sites (N-methyl/N-ethyl adjacent to an activating group) is 1. The Hall–Kier alpha value is -1.07. The van der Waals surface area contributed by atoms with Crippen molar-refractivity contribution in [2.75, 3.05) is 13.6 Å². The lowest BCUT2D eigenvalue weighted by atomic mass is 10.1.